The lowest BCUT2D eigenvalue weighted by Crippen LogP contribution is -2.14. The maximum absolute atomic E-state index is 10.9. The van der Waals surface area contributed by atoms with Gasteiger partial charge in [-0.3, -0.25) is 4.79 Å². The second-order valence-electron chi connectivity index (χ2n) is 4.94. The number of hydrogen-bond donors (Lipinski definition) is 2. The van der Waals surface area contributed by atoms with Crippen molar-refractivity contribution in [2.24, 2.45) is 5.92 Å². The van der Waals surface area contributed by atoms with E-state index in [1.54, 1.807) is 12.1 Å². The fourth-order valence-corrected chi connectivity index (χ4v) is 2.40. The van der Waals surface area contributed by atoms with Crippen molar-refractivity contribution in [2.45, 2.75) is 40.0 Å². The van der Waals surface area contributed by atoms with Gasteiger partial charge in [-0.15, -0.1) is 0 Å². The number of aliphatic carboxylic acids is 1. The summed E-state index contributed by atoms with van der Waals surface area (Å²) >= 11 is 0. The predicted molar refractivity (Wildman–Crippen MR) is 67.4 cm³/mol. The molecule has 0 aromatic heterocycles. The van der Waals surface area contributed by atoms with E-state index < -0.39 is 5.97 Å². The molecule has 0 unspecified atom stereocenters. The van der Waals surface area contributed by atoms with E-state index in [0.717, 1.165) is 16.7 Å². The summed E-state index contributed by atoms with van der Waals surface area (Å²) in [6, 6.07) is 3.39. The van der Waals surface area contributed by atoms with Gasteiger partial charge in [0, 0.05) is 0 Å². The van der Waals surface area contributed by atoms with Crippen LogP contribution in [0.1, 0.15) is 42.9 Å². The minimum absolute atomic E-state index is 0.00639. The molecule has 0 saturated heterocycles. The first-order chi connectivity index (χ1) is 7.82. The molecule has 0 amide bonds. The number of benzene rings is 1. The Morgan fingerprint density at radius 2 is 1.71 bits per heavy atom. The van der Waals surface area contributed by atoms with Gasteiger partial charge in [-0.05, 0) is 54.5 Å². The minimum atomic E-state index is -0.782. The Morgan fingerprint density at radius 1 is 1.24 bits per heavy atom. The van der Waals surface area contributed by atoms with Crippen LogP contribution in [-0.2, 0) is 4.79 Å². The van der Waals surface area contributed by atoms with Crippen LogP contribution in [0.25, 0.3) is 0 Å². The average molecular weight is 236 g/mol. The number of carboxylic acid groups (broad SMARTS) is 1. The monoisotopic (exact) mass is 236 g/mol. The van der Waals surface area contributed by atoms with Crippen molar-refractivity contribution in [2.75, 3.05) is 0 Å². The second kappa shape index (κ2) is 5.21. The molecule has 94 valence electrons. The lowest BCUT2D eigenvalue weighted by Gasteiger charge is -2.23. The Kier molecular flexibility index (Phi) is 4.16. The van der Waals surface area contributed by atoms with E-state index in [1.807, 2.05) is 27.7 Å². The number of aromatic hydroxyl groups is 1. The van der Waals surface area contributed by atoms with Crippen LogP contribution in [0.5, 0.6) is 5.75 Å². The number of phenols is 1. The molecule has 0 aliphatic heterocycles. The molecule has 0 fully saturated rings. The Balaban J connectivity index is 3.23. The Bertz CT molecular complexity index is 398. The van der Waals surface area contributed by atoms with Crippen LogP contribution in [0.15, 0.2) is 12.1 Å². The lowest BCUT2D eigenvalue weighted by atomic mass is 9.81. The third kappa shape index (κ3) is 3.22. The summed E-state index contributed by atoms with van der Waals surface area (Å²) in [4.78, 5) is 10.9. The zero-order valence-corrected chi connectivity index (χ0v) is 10.8. The number of rotatable bonds is 4. The lowest BCUT2D eigenvalue weighted by molar-refractivity contribution is -0.137. The van der Waals surface area contributed by atoms with Crippen molar-refractivity contribution >= 4 is 5.97 Å². The van der Waals surface area contributed by atoms with Gasteiger partial charge in [-0.25, -0.2) is 0 Å². The van der Waals surface area contributed by atoms with Crippen molar-refractivity contribution < 1.29 is 15.0 Å². The Hall–Kier alpha value is -1.51. The zero-order chi connectivity index (χ0) is 13.2. The van der Waals surface area contributed by atoms with E-state index in [1.165, 1.54) is 0 Å². The highest BCUT2D eigenvalue weighted by molar-refractivity contribution is 5.68. The summed E-state index contributed by atoms with van der Waals surface area (Å²) in [5.74, 6) is -0.293. The SMILES string of the molecule is Cc1cc(O)cc(C)c1[C@H](CC(=O)O)C(C)C. The standard InChI is InChI=1S/C14H20O3/c1-8(2)12(7-13(16)17)14-9(3)5-11(15)6-10(14)4/h5-6,8,12,15H,7H2,1-4H3,(H,16,17)/t12-/m1/s1. The topological polar surface area (TPSA) is 57.5 Å². The largest absolute Gasteiger partial charge is 0.508 e. The van der Waals surface area contributed by atoms with Gasteiger partial charge in [-0.2, -0.15) is 0 Å². The number of carboxylic acids is 1. The highest BCUT2D eigenvalue weighted by atomic mass is 16.4. The molecule has 1 atom stereocenters. The van der Waals surface area contributed by atoms with E-state index in [0.29, 0.717) is 0 Å². The summed E-state index contributed by atoms with van der Waals surface area (Å²) in [5.41, 5.74) is 2.98. The van der Waals surface area contributed by atoms with E-state index >= 15 is 0 Å². The fourth-order valence-electron chi connectivity index (χ4n) is 2.40. The van der Waals surface area contributed by atoms with Crippen LogP contribution in [0, 0.1) is 19.8 Å². The maximum atomic E-state index is 10.9. The highest BCUT2D eigenvalue weighted by Gasteiger charge is 2.22. The molecule has 1 aromatic rings. The predicted octanol–water partition coefficient (Wildman–Crippen LogP) is 3.22. The summed E-state index contributed by atoms with van der Waals surface area (Å²) in [5, 5.41) is 18.5. The molecule has 0 radical (unpaired) electrons. The molecule has 0 aliphatic carbocycles. The number of phenolic OH excluding ortho intramolecular Hbond substituents is 1. The van der Waals surface area contributed by atoms with Crippen molar-refractivity contribution in [3.05, 3.63) is 28.8 Å². The zero-order valence-electron chi connectivity index (χ0n) is 10.8. The second-order valence-corrected chi connectivity index (χ2v) is 4.94. The maximum Gasteiger partial charge on any atom is 0.303 e. The van der Waals surface area contributed by atoms with Crippen LogP contribution in [0.3, 0.4) is 0 Å². The van der Waals surface area contributed by atoms with Crippen molar-refractivity contribution in [1.82, 2.24) is 0 Å². The van der Waals surface area contributed by atoms with Gasteiger partial charge in [0.15, 0.2) is 0 Å². The summed E-state index contributed by atoms with van der Waals surface area (Å²) < 4.78 is 0. The molecule has 0 spiro atoms. The first kappa shape index (κ1) is 13.6. The molecule has 0 saturated carbocycles. The molecular formula is C14H20O3. The normalized spacial score (nSPS) is 12.8. The summed E-state index contributed by atoms with van der Waals surface area (Å²) in [6.07, 6.45) is 0.129. The molecule has 2 N–H and O–H groups in total. The molecule has 3 heteroatoms. The van der Waals surface area contributed by atoms with E-state index in [9.17, 15) is 9.90 Å². The molecule has 0 aliphatic rings. The van der Waals surface area contributed by atoms with Crippen molar-refractivity contribution in [1.29, 1.82) is 0 Å². The molecular weight excluding hydrogens is 216 g/mol. The van der Waals surface area contributed by atoms with Crippen LogP contribution in [0.2, 0.25) is 0 Å². The van der Waals surface area contributed by atoms with Gasteiger partial charge in [-0.1, -0.05) is 13.8 Å². The molecule has 17 heavy (non-hydrogen) atoms. The average Bonchev–Trinajstić information content (AvgIpc) is 2.13. The first-order valence-corrected chi connectivity index (χ1v) is 5.84. The third-order valence-corrected chi connectivity index (χ3v) is 3.15. The minimum Gasteiger partial charge on any atom is -0.508 e. The number of hydrogen-bond acceptors (Lipinski definition) is 2. The van der Waals surface area contributed by atoms with E-state index in [2.05, 4.69) is 0 Å². The molecule has 1 rings (SSSR count). The van der Waals surface area contributed by atoms with Gasteiger partial charge in [0.05, 0.1) is 6.42 Å². The van der Waals surface area contributed by atoms with Crippen LogP contribution < -0.4 is 0 Å². The van der Waals surface area contributed by atoms with Crippen molar-refractivity contribution in [3.63, 3.8) is 0 Å². The highest BCUT2D eigenvalue weighted by Crippen LogP contribution is 2.34. The summed E-state index contributed by atoms with van der Waals surface area (Å²) in [7, 11) is 0. The molecule has 3 nitrogen and oxygen atoms in total. The smallest absolute Gasteiger partial charge is 0.303 e. The first-order valence-electron chi connectivity index (χ1n) is 5.84. The fraction of sp³-hybridized carbons (Fsp3) is 0.500. The van der Waals surface area contributed by atoms with Crippen molar-refractivity contribution in [3.8, 4) is 5.75 Å². The summed E-state index contributed by atoms with van der Waals surface area (Å²) in [6.45, 7) is 7.89. The van der Waals surface area contributed by atoms with Gasteiger partial charge < -0.3 is 10.2 Å². The van der Waals surface area contributed by atoms with Gasteiger partial charge in [0.1, 0.15) is 5.75 Å². The quantitative estimate of drug-likeness (QED) is 0.843. The van der Waals surface area contributed by atoms with Gasteiger partial charge in [0.2, 0.25) is 0 Å². The van der Waals surface area contributed by atoms with E-state index in [-0.39, 0.29) is 24.0 Å². The molecule has 0 bridgehead atoms. The van der Waals surface area contributed by atoms with Crippen LogP contribution >= 0.6 is 0 Å². The Labute approximate surface area is 102 Å². The van der Waals surface area contributed by atoms with Gasteiger partial charge in [0.25, 0.3) is 0 Å². The molecule has 1 aromatic carbocycles. The van der Waals surface area contributed by atoms with Crippen LogP contribution in [0.4, 0.5) is 0 Å². The molecule has 0 heterocycles. The number of aryl methyl sites for hydroxylation is 2. The van der Waals surface area contributed by atoms with E-state index in [4.69, 9.17) is 5.11 Å². The van der Waals surface area contributed by atoms with Gasteiger partial charge >= 0.3 is 5.97 Å². The van der Waals surface area contributed by atoms with Crippen LogP contribution in [-0.4, -0.2) is 16.2 Å². The third-order valence-electron chi connectivity index (χ3n) is 3.15. The Morgan fingerprint density at radius 3 is 2.06 bits per heavy atom. The number of carbonyl (C=O) groups is 1.